The van der Waals surface area contributed by atoms with Crippen LogP contribution in [0, 0.1) is 10.1 Å². The molecule has 0 atom stereocenters. The van der Waals surface area contributed by atoms with Crippen molar-refractivity contribution < 1.29 is 15.1 Å². The summed E-state index contributed by atoms with van der Waals surface area (Å²) in [5, 5.41) is 28.8. The standard InChI is InChI=1S/C6H3Br2NO4.H3N/c7-2-1-3(8)6(11)4(5(2)10)9(12)13;/h1,10-11H;1H3. The number of phenolic OH excluding ortho intramolecular Hbond substituents is 2. The van der Waals surface area contributed by atoms with E-state index in [1.54, 1.807) is 0 Å². The van der Waals surface area contributed by atoms with E-state index in [2.05, 4.69) is 31.9 Å². The van der Waals surface area contributed by atoms with E-state index >= 15 is 0 Å². The topological polar surface area (TPSA) is 119 Å². The van der Waals surface area contributed by atoms with Crippen LogP contribution in [0.25, 0.3) is 0 Å². The van der Waals surface area contributed by atoms with Gasteiger partial charge in [0.2, 0.25) is 11.5 Å². The Morgan fingerprint density at radius 2 is 1.57 bits per heavy atom. The van der Waals surface area contributed by atoms with E-state index in [9.17, 15) is 20.3 Å². The summed E-state index contributed by atoms with van der Waals surface area (Å²) >= 11 is 5.81. The van der Waals surface area contributed by atoms with E-state index in [1.807, 2.05) is 0 Å². The third kappa shape index (κ3) is 2.14. The van der Waals surface area contributed by atoms with Gasteiger partial charge in [-0.15, -0.1) is 0 Å². The molecule has 0 unspecified atom stereocenters. The molecule has 14 heavy (non-hydrogen) atoms. The Labute approximate surface area is 95.5 Å². The molecule has 6 nitrogen and oxygen atoms in total. The summed E-state index contributed by atoms with van der Waals surface area (Å²) in [6.45, 7) is 0. The van der Waals surface area contributed by atoms with Crippen LogP contribution in [0.2, 0.25) is 0 Å². The van der Waals surface area contributed by atoms with Gasteiger partial charge in [-0.2, -0.15) is 0 Å². The Hall–Kier alpha value is -0.860. The van der Waals surface area contributed by atoms with Crippen molar-refractivity contribution in [1.82, 2.24) is 6.15 Å². The monoisotopic (exact) mass is 328 g/mol. The minimum atomic E-state index is -0.861. The molecule has 1 aromatic carbocycles. The molecule has 0 amide bonds. The van der Waals surface area contributed by atoms with Gasteiger partial charge >= 0.3 is 5.69 Å². The molecule has 0 heterocycles. The van der Waals surface area contributed by atoms with Gasteiger partial charge in [0.1, 0.15) is 0 Å². The second-order valence-corrected chi connectivity index (χ2v) is 3.85. The quantitative estimate of drug-likeness (QED) is 0.540. The molecule has 0 aliphatic rings. The highest BCUT2D eigenvalue weighted by molar-refractivity contribution is 9.11. The molecule has 1 rings (SSSR count). The van der Waals surface area contributed by atoms with Crippen LogP contribution >= 0.6 is 31.9 Å². The van der Waals surface area contributed by atoms with E-state index in [0.717, 1.165) is 0 Å². The van der Waals surface area contributed by atoms with Crippen LogP contribution in [0.15, 0.2) is 15.0 Å². The van der Waals surface area contributed by atoms with Gasteiger partial charge in [-0.3, -0.25) is 10.1 Å². The normalized spacial score (nSPS) is 9.29. The Morgan fingerprint density at radius 3 is 1.86 bits per heavy atom. The first kappa shape index (κ1) is 13.1. The molecule has 0 saturated heterocycles. The molecule has 0 bridgehead atoms. The number of halogens is 2. The summed E-state index contributed by atoms with van der Waals surface area (Å²) < 4.78 is 0.285. The number of aromatic hydroxyl groups is 2. The molecule has 8 heteroatoms. The fourth-order valence-corrected chi connectivity index (χ4v) is 1.90. The first-order chi connectivity index (χ1) is 5.95. The van der Waals surface area contributed by atoms with E-state index in [-0.39, 0.29) is 15.1 Å². The van der Waals surface area contributed by atoms with Crippen LogP contribution in [-0.2, 0) is 0 Å². The van der Waals surface area contributed by atoms with Crippen molar-refractivity contribution in [1.29, 1.82) is 0 Å². The molecule has 0 saturated carbocycles. The fourth-order valence-electron chi connectivity index (χ4n) is 0.759. The lowest BCUT2D eigenvalue weighted by molar-refractivity contribution is -0.387. The molecule has 0 aliphatic carbocycles. The maximum absolute atomic E-state index is 10.4. The largest absolute Gasteiger partial charge is 0.501 e. The van der Waals surface area contributed by atoms with Gasteiger partial charge in [-0.1, -0.05) is 0 Å². The second kappa shape index (κ2) is 4.58. The lowest BCUT2D eigenvalue weighted by atomic mass is 10.3. The van der Waals surface area contributed by atoms with Crippen LogP contribution in [0.4, 0.5) is 5.69 Å². The zero-order valence-corrected chi connectivity index (χ0v) is 9.87. The number of hydrogen-bond donors (Lipinski definition) is 3. The SMILES string of the molecule is N.O=[N+]([O-])c1c(O)c(Br)cc(Br)c1O. The predicted octanol–water partition coefficient (Wildman–Crippen LogP) is 2.69. The maximum atomic E-state index is 10.4. The molecule has 0 radical (unpaired) electrons. The van der Waals surface area contributed by atoms with Crippen molar-refractivity contribution in [2.75, 3.05) is 0 Å². The summed E-state index contributed by atoms with van der Waals surface area (Å²) in [4.78, 5) is 9.53. The minimum Gasteiger partial charge on any atom is -0.501 e. The van der Waals surface area contributed by atoms with Gasteiger partial charge in [0.25, 0.3) is 0 Å². The molecule has 0 aliphatic heterocycles. The number of phenols is 2. The highest BCUT2D eigenvalue weighted by Gasteiger charge is 2.24. The smallest absolute Gasteiger partial charge is 0.354 e. The Morgan fingerprint density at radius 1 is 1.21 bits per heavy atom. The zero-order valence-electron chi connectivity index (χ0n) is 6.70. The van der Waals surface area contributed by atoms with Gasteiger partial charge in [-0.05, 0) is 37.9 Å². The van der Waals surface area contributed by atoms with E-state index < -0.39 is 22.1 Å². The van der Waals surface area contributed by atoms with Crippen molar-refractivity contribution >= 4 is 37.5 Å². The van der Waals surface area contributed by atoms with E-state index in [0.29, 0.717) is 0 Å². The second-order valence-electron chi connectivity index (χ2n) is 2.14. The van der Waals surface area contributed by atoms with Crippen molar-refractivity contribution in [3.8, 4) is 11.5 Å². The first-order valence-electron chi connectivity index (χ1n) is 2.99. The Bertz CT molecular complexity index is 356. The van der Waals surface area contributed by atoms with Crippen LogP contribution in [0.3, 0.4) is 0 Å². The maximum Gasteiger partial charge on any atom is 0.354 e. The molecule has 0 aromatic heterocycles. The Kier molecular flexibility index (Phi) is 4.30. The van der Waals surface area contributed by atoms with Gasteiger partial charge in [0.05, 0.1) is 13.9 Å². The first-order valence-corrected chi connectivity index (χ1v) is 4.58. The fraction of sp³-hybridized carbons (Fsp3) is 0. The third-order valence-electron chi connectivity index (χ3n) is 1.34. The summed E-state index contributed by atoms with van der Waals surface area (Å²) in [7, 11) is 0. The van der Waals surface area contributed by atoms with Crippen LogP contribution < -0.4 is 6.15 Å². The van der Waals surface area contributed by atoms with Gasteiger partial charge in [-0.25, -0.2) is 0 Å². The zero-order chi connectivity index (χ0) is 10.2. The molecule has 1 aromatic rings. The number of benzene rings is 1. The van der Waals surface area contributed by atoms with Crippen molar-refractivity contribution in [3.05, 3.63) is 25.1 Å². The summed E-state index contributed by atoms with van der Waals surface area (Å²) in [6.07, 6.45) is 0. The van der Waals surface area contributed by atoms with Crippen molar-refractivity contribution in [2.45, 2.75) is 0 Å². The van der Waals surface area contributed by atoms with Gasteiger partial charge in [0, 0.05) is 0 Å². The predicted molar refractivity (Wildman–Crippen MR) is 56.8 cm³/mol. The third-order valence-corrected chi connectivity index (χ3v) is 2.55. The average molecular weight is 330 g/mol. The average Bonchev–Trinajstić information content (AvgIpc) is 2.01. The molecule has 5 N–H and O–H groups in total. The summed E-state index contributed by atoms with van der Waals surface area (Å²) in [5.74, 6) is -1.18. The number of hydrogen-bond acceptors (Lipinski definition) is 5. The number of nitrogens with zero attached hydrogens (tertiary/aromatic N) is 1. The highest BCUT2D eigenvalue weighted by atomic mass is 79.9. The molecule has 78 valence electrons. The Balaban J connectivity index is 0.00000169. The summed E-state index contributed by atoms with van der Waals surface area (Å²) in [5.41, 5.74) is -0.721. The summed E-state index contributed by atoms with van der Waals surface area (Å²) in [6, 6.07) is 1.32. The molecular weight excluding hydrogens is 324 g/mol. The van der Waals surface area contributed by atoms with Crippen molar-refractivity contribution in [3.63, 3.8) is 0 Å². The molecular formula is C6H6Br2N2O4. The lowest BCUT2D eigenvalue weighted by Crippen LogP contribution is -1.90. The van der Waals surface area contributed by atoms with E-state index in [1.165, 1.54) is 6.07 Å². The van der Waals surface area contributed by atoms with Gasteiger partial charge < -0.3 is 16.4 Å². The van der Waals surface area contributed by atoms with E-state index in [4.69, 9.17) is 0 Å². The highest BCUT2D eigenvalue weighted by Crippen LogP contribution is 2.45. The number of rotatable bonds is 1. The van der Waals surface area contributed by atoms with Gasteiger partial charge in [0.15, 0.2) is 0 Å². The van der Waals surface area contributed by atoms with Crippen LogP contribution in [0.1, 0.15) is 0 Å². The molecule has 0 spiro atoms. The van der Waals surface area contributed by atoms with Crippen molar-refractivity contribution in [2.24, 2.45) is 0 Å². The van der Waals surface area contributed by atoms with Crippen LogP contribution in [-0.4, -0.2) is 15.1 Å². The number of nitro benzene ring substituents is 1. The molecule has 0 fully saturated rings. The minimum absolute atomic E-state index is 0. The number of nitro groups is 1. The van der Waals surface area contributed by atoms with Crippen LogP contribution in [0.5, 0.6) is 11.5 Å². The lowest BCUT2D eigenvalue weighted by Gasteiger charge is -2.02.